The molecule has 14 heavy (non-hydrogen) atoms. The van der Waals surface area contributed by atoms with Gasteiger partial charge in [0.1, 0.15) is 11.6 Å². The van der Waals surface area contributed by atoms with Gasteiger partial charge in [-0.15, -0.1) is 11.3 Å². The van der Waals surface area contributed by atoms with E-state index in [1.807, 2.05) is 0 Å². The summed E-state index contributed by atoms with van der Waals surface area (Å²) in [5.74, 6) is -0.864. The van der Waals surface area contributed by atoms with Crippen LogP contribution in [-0.4, -0.2) is 25.5 Å². The van der Waals surface area contributed by atoms with Crippen LogP contribution in [0.15, 0.2) is 11.4 Å². The summed E-state index contributed by atoms with van der Waals surface area (Å²) in [5.41, 5.74) is 5.41. The molecule has 1 heterocycles. The first-order chi connectivity index (χ1) is 6.65. The minimum Gasteiger partial charge on any atom is -0.375 e. The number of thiophene rings is 1. The fourth-order valence-corrected chi connectivity index (χ4v) is 1.70. The maximum absolute atomic E-state index is 11.1. The molecule has 76 valence electrons. The predicted molar refractivity (Wildman–Crippen MR) is 53.3 cm³/mol. The molecule has 0 aliphatic heterocycles. The Kier molecular flexibility index (Phi) is 3.61. The summed E-state index contributed by atoms with van der Waals surface area (Å²) < 4.78 is 4.63. The molecule has 0 saturated carbocycles. The van der Waals surface area contributed by atoms with Crippen LogP contribution >= 0.6 is 11.3 Å². The zero-order valence-electron chi connectivity index (χ0n) is 7.57. The average Bonchev–Trinajstić information content (AvgIpc) is 2.52. The molecule has 0 aliphatic carbocycles. The van der Waals surface area contributed by atoms with Crippen molar-refractivity contribution < 1.29 is 14.3 Å². The molecule has 1 aromatic rings. The van der Waals surface area contributed by atoms with Crippen molar-refractivity contribution in [1.82, 2.24) is 0 Å². The summed E-state index contributed by atoms with van der Waals surface area (Å²) in [6.45, 7) is -0.0455. The predicted octanol–water partition coefficient (Wildman–Crippen LogP) is 0.432. The number of nitrogens with one attached hydrogen (secondary N) is 1. The lowest BCUT2D eigenvalue weighted by Crippen LogP contribution is -2.19. The summed E-state index contributed by atoms with van der Waals surface area (Å²) >= 11 is 1.24. The summed E-state index contributed by atoms with van der Waals surface area (Å²) in [4.78, 5) is 22.0. The lowest BCUT2D eigenvalue weighted by atomic mass is 10.3. The summed E-state index contributed by atoms with van der Waals surface area (Å²) in [7, 11) is 1.42. The number of carbonyl (C=O) groups excluding carboxylic acids is 2. The molecule has 5 nitrogen and oxygen atoms in total. The van der Waals surface area contributed by atoms with Crippen molar-refractivity contribution >= 4 is 28.2 Å². The Morgan fingerprint density at radius 1 is 1.64 bits per heavy atom. The van der Waals surface area contributed by atoms with Crippen molar-refractivity contribution in [1.29, 1.82) is 0 Å². The van der Waals surface area contributed by atoms with Gasteiger partial charge in [0, 0.05) is 7.11 Å². The normalized spacial score (nSPS) is 9.79. The molecule has 0 atom stereocenters. The Morgan fingerprint density at radius 3 is 2.93 bits per heavy atom. The number of nitrogens with two attached hydrogens (primary N) is 1. The molecular formula is C8H10N2O3S. The molecule has 1 aromatic heterocycles. The molecule has 0 fully saturated rings. The molecule has 6 heteroatoms. The molecule has 0 saturated heterocycles. The first kappa shape index (κ1) is 10.7. The number of amides is 2. The zero-order valence-corrected chi connectivity index (χ0v) is 8.39. The third-order valence-corrected chi connectivity index (χ3v) is 2.29. The van der Waals surface area contributed by atoms with Crippen molar-refractivity contribution in [2.24, 2.45) is 5.73 Å². The van der Waals surface area contributed by atoms with Crippen LogP contribution in [0.2, 0.25) is 0 Å². The highest BCUT2D eigenvalue weighted by atomic mass is 32.1. The van der Waals surface area contributed by atoms with Crippen molar-refractivity contribution in [3.8, 4) is 0 Å². The number of methoxy groups -OCH3 is 1. The van der Waals surface area contributed by atoms with E-state index >= 15 is 0 Å². The van der Waals surface area contributed by atoms with Gasteiger partial charge in [-0.1, -0.05) is 0 Å². The van der Waals surface area contributed by atoms with E-state index in [-0.39, 0.29) is 12.5 Å². The fourth-order valence-electron chi connectivity index (χ4n) is 0.894. The van der Waals surface area contributed by atoms with E-state index < -0.39 is 5.91 Å². The molecule has 0 radical (unpaired) electrons. The maximum atomic E-state index is 11.1. The first-order valence-corrected chi connectivity index (χ1v) is 4.69. The van der Waals surface area contributed by atoms with Gasteiger partial charge < -0.3 is 15.8 Å². The highest BCUT2D eigenvalue weighted by Crippen LogP contribution is 2.22. The molecule has 0 aromatic carbocycles. The van der Waals surface area contributed by atoms with E-state index in [0.29, 0.717) is 10.6 Å². The van der Waals surface area contributed by atoms with Crippen LogP contribution in [0.5, 0.6) is 0 Å². The number of hydrogen-bond donors (Lipinski definition) is 2. The van der Waals surface area contributed by atoms with Gasteiger partial charge in [0.25, 0.3) is 11.8 Å². The van der Waals surface area contributed by atoms with Crippen molar-refractivity contribution in [3.05, 3.63) is 17.0 Å². The molecule has 1 rings (SSSR count). The number of rotatable bonds is 4. The summed E-state index contributed by atoms with van der Waals surface area (Å²) in [6.07, 6.45) is 0. The second-order valence-electron chi connectivity index (χ2n) is 2.51. The topological polar surface area (TPSA) is 81.4 Å². The molecule has 2 amide bonds. The van der Waals surface area contributed by atoms with Crippen molar-refractivity contribution in [3.63, 3.8) is 0 Å². The van der Waals surface area contributed by atoms with E-state index in [1.54, 1.807) is 11.4 Å². The van der Waals surface area contributed by atoms with E-state index in [1.165, 1.54) is 18.4 Å². The van der Waals surface area contributed by atoms with Gasteiger partial charge in [-0.25, -0.2) is 0 Å². The number of ether oxygens (including phenoxy) is 1. The minimum atomic E-state index is -0.557. The standard InChI is InChI=1S/C8H10N2O3S/c1-13-4-6(11)10-8-5(7(9)12)2-3-14-8/h2-3H,4H2,1H3,(H2,9,12)(H,10,11). The quantitative estimate of drug-likeness (QED) is 0.762. The lowest BCUT2D eigenvalue weighted by Gasteiger charge is -2.02. The highest BCUT2D eigenvalue weighted by molar-refractivity contribution is 7.14. The largest absolute Gasteiger partial charge is 0.375 e. The van der Waals surface area contributed by atoms with Crippen LogP contribution in [0, 0.1) is 0 Å². The zero-order chi connectivity index (χ0) is 10.6. The van der Waals surface area contributed by atoms with Gasteiger partial charge >= 0.3 is 0 Å². The number of anilines is 1. The van der Waals surface area contributed by atoms with Gasteiger partial charge in [0.2, 0.25) is 0 Å². The molecule has 0 unspecified atom stereocenters. The van der Waals surface area contributed by atoms with Gasteiger partial charge in [0.05, 0.1) is 5.56 Å². The molecular weight excluding hydrogens is 204 g/mol. The Bertz CT molecular complexity index is 348. The molecule has 0 spiro atoms. The fraction of sp³-hybridized carbons (Fsp3) is 0.250. The highest BCUT2D eigenvalue weighted by Gasteiger charge is 2.11. The van der Waals surface area contributed by atoms with Crippen LogP contribution in [-0.2, 0) is 9.53 Å². The van der Waals surface area contributed by atoms with Gasteiger partial charge in [-0.2, -0.15) is 0 Å². The van der Waals surface area contributed by atoms with Gasteiger partial charge in [0.15, 0.2) is 0 Å². The second-order valence-corrected chi connectivity index (χ2v) is 3.42. The monoisotopic (exact) mass is 214 g/mol. The van der Waals surface area contributed by atoms with Gasteiger partial charge in [-0.3, -0.25) is 9.59 Å². The Hall–Kier alpha value is -1.40. The smallest absolute Gasteiger partial charge is 0.251 e. The van der Waals surface area contributed by atoms with Crippen LogP contribution < -0.4 is 11.1 Å². The lowest BCUT2D eigenvalue weighted by molar-refractivity contribution is -0.119. The van der Waals surface area contributed by atoms with Crippen LogP contribution in [0.3, 0.4) is 0 Å². The van der Waals surface area contributed by atoms with Crippen molar-refractivity contribution in [2.45, 2.75) is 0 Å². The Balaban J connectivity index is 2.71. The van der Waals surface area contributed by atoms with E-state index in [9.17, 15) is 9.59 Å². The molecule has 0 bridgehead atoms. The number of primary amides is 1. The van der Waals surface area contributed by atoms with Crippen LogP contribution in [0.4, 0.5) is 5.00 Å². The second kappa shape index (κ2) is 4.73. The van der Waals surface area contributed by atoms with E-state index in [4.69, 9.17) is 5.73 Å². The molecule has 0 aliphatic rings. The van der Waals surface area contributed by atoms with Gasteiger partial charge in [-0.05, 0) is 11.4 Å². The summed E-state index contributed by atoms with van der Waals surface area (Å²) in [5, 5.41) is 4.67. The van der Waals surface area contributed by atoms with Crippen LogP contribution in [0.1, 0.15) is 10.4 Å². The first-order valence-electron chi connectivity index (χ1n) is 3.81. The number of hydrogen-bond acceptors (Lipinski definition) is 4. The Morgan fingerprint density at radius 2 is 2.36 bits per heavy atom. The number of carbonyl (C=O) groups is 2. The minimum absolute atomic E-state index is 0.0455. The maximum Gasteiger partial charge on any atom is 0.251 e. The van der Waals surface area contributed by atoms with E-state index in [0.717, 1.165) is 0 Å². The van der Waals surface area contributed by atoms with Crippen LogP contribution in [0.25, 0.3) is 0 Å². The average molecular weight is 214 g/mol. The third kappa shape index (κ3) is 2.54. The molecule has 3 N–H and O–H groups in total. The van der Waals surface area contributed by atoms with E-state index in [2.05, 4.69) is 10.1 Å². The third-order valence-electron chi connectivity index (χ3n) is 1.46. The summed E-state index contributed by atoms with van der Waals surface area (Å²) in [6, 6.07) is 1.56. The Labute approximate surface area is 84.9 Å². The SMILES string of the molecule is COCC(=O)Nc1sccc1C(N)=O. The van der Waals surface area contributed by atoms with Crippen molar-refractivity contribution in [2.75, 3.05) is 19.0 Å².